The number of sulfonamides is 1. The molecule has 0 saturated heterocycles. The Morgan fingerprint density at radius 3 is 2.23 bits per heavy atom. The fraction of sp³-hybridized carbons (Fsp3) is 0.136. The number of rotatable bonds is 8. The molecule has 0 radical (unpaired) electrons. The molecule has 8 heteroatoms. The molecular formula is C22H21ClN2O4S. The zero-order valence-corrected chi connectivity index (χ0v) is 17.8. The summed E-state index contributed by atoms with van der Waals surface area (Å²) < 4.78 is 32.8. The van der Waals surface area contributed by atoms with Gasteiger partial charge in [-0.2, -0.15) is 0 Å². The third-order valence-electron chi connectivity index (χ3n) is 4.28. The average Bonchev–Trinajstić information content (AvgIpc) is 2.73. The van der Waals surface area contributed by atoms with Crippen LogP contribution >= 0.6 is 11.6 Å². The summed E-state index contributed by atoms with van der Waals surface area (Å²) in [5.41, 5.74) is 1.40. The molecular weight excluding hydrogens is 424 g/mol. The third kappa shape index (κ3) is 5.98. The van der Waals surface area contributed by atoms with E-state index in [-0.39, 0.29) is 23.5 Å². The molecule has 0 heterocycles. The Bertz CT molecular complexity index is 1090. The summed E-state index contributed by atoms with van der Waals surface area (Å²) in [6, 6.07) is 21.5. The van der Waals surface area contributed by atoms with Crippen LogP contribution in [0.4, 0.5) is 5.69 Å². The summed E-state index contributed by atoms with van der Waals surface area (Å²) in [6.07, 6.45) is 0. The lowest BCUT2D eigenvalue weighted by Gasteiger charge is -2.15. The maximum absolute atomic E-state index is 12.4. The first-order valence-electron chi connectivity index (χ1n) is 9.19. The predicted molar refractivity (Wildman–Crippen MR) is 117 cm³/mol. The SMILES string of the molecule is C[C@H](NC(=O)COc1ccc(S(=O)(=O)Nc2ccccc2)cc1)c1ccc(Cl)cc1. The number of carbonyl (C=O) groups is 1. The van der Waals surface area contributed by atoms with Crippen molar-refractivity contribution >= 4 is 33.2 Å². The molecule has 0 unspecified atom stereocenters. The number of halogens is 1. The molecule has 2 N–H and O–H groups in total. The molecule has 0 aromatic heterocycles. The van der Waals surface area contributed by atoms with Crippen molar-refractivity contribution in [3.63, 3.8) is 0 Å². The third-order valence-corrected chi connectivity index (χ3v) is 5.93. The van der Waals surface area contributed by atoms with E-state index in [2.05, 4.69) is 10.0 Å². The molecule has 3 aromatic rings. The molecule has 30 heavy (non-hydrogen) atoms. The fourth-order valence-electron chi connectivity index (χ4n) is 2.70. The first kappa shape index (κ1) is 21.7. The largest absolute Gasteiger partial charge is 0.484 e. The molecule has 0 saturated carbocycles. The van der Waals surface area contributed by atoms with Gasteiger partial charge in [0.05, 0.1) is 10.9 Å². The van der Waals surface area contributed by atoms with Gasteiger partial charge in [-0.1, -0.05) is 41.9 Å². The van der Waals surface area contributed by atoms with Crippen LogP contribution in [-0.2, 0) is 14.8 Å². The van der Waals surface area contributed by atoms with Gasteiger partial charge in [-0.25, -0.2) is 8.42 Å². The first-order valence-corrected chi connectivity index (χ1v) is 11.1. The van der Waals surface area contributed by atoms with Gasteiger partial charge in [-0.05, 0) is 61.0 Å². The van der Waals surface area contributed by atoms with E-state index in [0.29, 0.717) is 16.5 Å². The molecule has 0 bridgehead atoms. The molecule has 0 fully saturated rings. The zero-order valence-electron chi connectivity index (χ0n) is 16.2. The van der Waals surface area contributed by atoms with Gasteiger partial charge in [-0.3, -0.25) is 9.52 Å². The number of anilines is 1. The van der Waals surface area contributed by atoms with Gasteiger partial charge >= 0.3 is 0 Å². The van der Waals surface area contributed by atoms with Crippen LogP contribution in [0.2, 0.25) is 5.02 Å². The van der Waals surface area contributed by atoms with Crippen LogP contribution in [0.1, 0.15) is 18.5 Å². The molecule has 0 aliphatic carbocycles. The number of benzene rings is 3. The van der Waals surface area contributed by atoms with E-state index in [1.165, 1.54) is 24.3 Å². The Kier molecular flexibility index (Phi) is 6.97. The van der Waals surface area contributed by atoms with Crippen molar-refractivity contribution < 1.29 is 17.9 Å². The molecule has 1 amide bonds. The van der Waals surface area contributed by atoms with Crippen molar-refractivity contribution in [1.82, 2.24) is 5.32 Å². The maximum atomic E-state index is 12.4. The summed E-state index contributed by atoms with van der Waals surface area (Å²) >= 11 is 5.87. The van der Waals surface area contributed by atoms with Gasteiger partial charge < -0.3 is 10.1 Å². The molecule has 0 spiro atoms. The smallest absolute Gasteiger partial charge is 0.261 e. The molecule has 0 aliphatic rings. The van der Waals surface area contributed by atoms with Gasteiger partial charge in [0.1, 0.15) is 5.75 Å². The molecule has 0 aliphatic heterocycles. The monoisotopic (exact) mass is 444 g/mol. The lowest BCUT2D eigenvalue weighted by atomic mass is 10.1. The van der Waals surface area contributed by atoms with Crippen molar-refractivity contribution in [3.05, 3.63) is 89.4 Å². The fourth-order valence-corrected chi connectivity index (χ4v) is 3.89. The second kappa shape index (κ2) is 9.65. The Hall–Kier alpha value is -3.03. The number of carbonyl (C=O) groups excluding carboxylic acids is 1. The lowest BCUT2D eigenvalue weighted by molar-refractivity contribution is -0.123. The summed E-state index contributed by atoms with van der Waals surface area (Å²) in [5.74, 6) is 0.0999. The van der Waals surface area contributed by atoms with Crippen LogP contribution in [0, 0.1) is 0 Å². The zero-order chi connectivity index (χ0) is 21.6. The van der Waals surface area contributed by atoms with Crippen LogP contribution in [0.15, 0.2) is 83.8 Å². The Balaban J connectivity index is 1.54. The number of hydrogen-bond acceptors (Lipinski definition) is 4. The van der Waals surface area contributed by atoms with Crippen molar-refractivity contribution in [2.24, 2.45) is 0 Å². The van der Waals surface area contributed by atoms with E-state index in [4.69, 9.17) is 16.3 Å². The maximum Gasteiger partial charge on any atom is 0.261 e. The van der Waals surface area contributed by atoms with E-state index < -0.39 is 10.0 Å². The van der Waals surface area contributed by atoms with E-state index in [0.717, 1.165) is 5.56 Å². The number of nitrogens with one attached hydrogen (secondary N) is 2. The Morgan fingerprint density at radius 2 is 1.60 bits per heavy atom. The Labute approximate surface area is 180 Å². The molecule has 1 atom stereocenters. The molecule has 6 nitrogen and oxygen atoms in total. The number of hydrogen-bond donors (Lipinski definition) is 2. The van der Waals surface area contributed by atoms with Crippen LogP contribution < -0.4 is 14.8 Å². The van der Waals surface area contributed by atoms with E-state index in [9.17, 15) is 13.2 Å². The normalized spacial score (nSPS) is 12.1. The summed E-state index contributed by atoms with van der Waals surface area (Å²) in [5, 5.41) is 3.47. The van der Waals surface area contributed by atoms with Gasteiger partial charge in [0.2, 0.25) is 0 Å². The lowest BCUT2D eigenvalue weighted by Crippen LogP contribution is -2.31. The van der Waals surface area contributed by atoms with Crippen LogP contribution in [0.5, 0.6) is 5.75 Å². The van der Waals surface area contributed by atoms with Crippen LogP contribution in [0.3, 0.4) is 0 Å². The molecule has 3 rings (SSSR count). The number of ether oxygens (including phenoxy) is 1. The minimum Gasteiger partial charge on any atom is -0.484 e. The number of para-hydroxylation sites is 1. The van der Waals surface area contributed by atoms with Crippen LogP contribution in [0.25, 0.3) is 0 Å². The van der Waals surface area contributed by atoms with E-state index >= 15 is 0 Å². The average molecular weight is 445 g/mol. The minimum absolute atomic E-state index is 0.0968. The molecule has 156 valence electrons. The van der Waals surface area contributed by atoms with Gasteiger partial charge in [-0.15, -0.1) is 0 Å². The second-order valence-electron chi connectivity index (χ2n) is 6.57. The summed E-state index contributed by atoms with van der Waals surface area (Å²) in [7, 11) is -3.71. The first-order chi connectivity index (χ1) is 14.3. The summed E-state index contributed by atoms with van der Waals surface area (Å²) in [6.45, 7) is 1.67. The van der Waals surface area contributed by atoms with Crippen molar-refractivity contribution in [2.45, 2.75) is 17.9 Å². The minimum atomic E-state index is -3.71. The predicted octanol–water partition coefficient (Wildman–Crippen LogP) is 4.40. The summed E-state index contributed by atoms with van der Waals surface area (Å²) in [4.78, 5) is 12.2. The van der Waals surface area contributed by atoms with E-state index in [1.807, 2.05) is 19.1 Å². The van der Waals surface area contributed by atoms with Gasteiger partial charge in [0, 0.05) is 10.7 Å². The van der Waals surface area contributed by atoms with Gasteiger partial charge in [0.15, 0.2) is 6.61 Å². The van der Waals surface area contributed by atoms with Crippen LogP contribution in [-0.4, -0.2) is 20.9 Å². The van der Waals surface area contributed by atoms with Crippen molar-refractivity contribution in [2.75, 3.05) is 11.3 Å². The Morgan fingerprint density at radius 1 is 0.967 bits per heavy atom. The topological polar surface area (TPSA) is 84.5 Å². The van der Waals surface area contributed by atoms with Crippen molar-refractivity contribution in [1.29, 1.82) is 0 Å². The number of amides is 1. The second-order valence-corrected chi connectivity index (χ2v) is 8.69. The highest BCUT2D eigenvalue weighted by molar-refractivity contribution is 7.92. The quantitative estimate of drug-likeness (QED) is 0.539. The van der Waals surface area contributed by atoms with Crippen molar-refractivity contribution in [3.8, 4) is 5.75 Å². The highest BCUT2D eigenvalue weighted by Crippen LogP contribution is 2.19. The van der Waals surface area contributed by atoms with E-state index in [1.54, 1.807) is 42.5 Å². The highest BCUT2D eigenvalue weighted by atomic mass is 35.5. The highest BCUT2D eigenvalue weighted by Gasteiger charge is 2.15. The van der Waals surface area contributed by atoms with Gasteiger partial charge in [0.25, 0.3) is 15.9 Å². The standard InChI is InChI=1S/C22H21ClN2O4S/c1-16(17-7-9-18(23)10-8-17)24-22(26)15-29-20-11-13-21(14-12-20)30(27,28)25-19-5-3-2-4-6-19/h2-14,16,25H,15H2,1H3,(H,24,26)/t16-/m0/s1. The molecule has 3 aromatic carbocycles.